The lowest BCUT2D eigenvalue weighted by atomic mass is 10.0. The van der Waals surface area contributed by atoms with Crippen molar-refractivity contribution in [3.05, 3.63) is 0 Å². The van der Waals surface area contributed by atoms with Crippen molar-refractivity contribution >= 4 is 6.09 Å². The van der Waals surface area contributed by atoms with Crippen molar-refractivity contribution in [2.75, 3.05) is 6.61 Å². The summed E-state index contributed by atoms with van der Waals surface area (Å²) < 4.78 is 4.81. The van der Waals surface area contributed by atoms with Gasteiger partial charge >= 0.3 is 6.09 Å². The molecule has 0 radical (unpaired) electrons. The van der Waals surface area contributed by atoms with Gasteiger partial charge in [0.15, 0.2) is 0 Å². The highest BCUT2D eigenvalue weighted by Gasteiger charge is 2.11. The first-order valence-electron chi connectivity index (χ1n) is 5.03. The Labute approximate surface area is 80.8 Å². The molecule has 0 spiro atoms. The Balaban J connectivity index is 3.76. The number of rotatable bonds is 5. The molecule has 3 nitrogen and oxygen atoms in total. The zero-order valence-corrected chi connectivity index (χ0v) is 9.09. The van der Waals surface area contributed by atoms with Gasteiger partial charge in [-0.05, 0) is 25.7 Å². The van der Waals surface area contributed by atoms with Gasteiger partial charge in [-0.15, -0.1) is 0 Å². The summed E-state index contributed by atoms with van der Waals surface area (Å²) in [5.74, 6) is 0.604. The van der Waals surface area contributed by atoms with Gasteiger partial charge in [-0.3, -0.25) is 0 Å². The van der Waals surface area contributed by atoms with Crippen LogP contribution >= 0.6 is 0 Å². The predicted octanol–water partition coefficient (Wildman–Crippen LogP) is 2.56. The molecule has 3 heteroatoms. The molecule has 0 aromatic carbocycles. The molecule has 78 valence electrons. The molecule has 0 fully saturated rings. The van der Waals surface area contributed by atoms with Gasteiger partial charge in [0.25, 0.3) is 0 Å². The third kappa shape index (κ3) is 6.43. The lowest BCUT2D eigenvalue weighted by molar-refractivity contribution is 0.146. The zero-order valence-electron chi connectivity index (χ0n) is 9.09. The molecule has 0 bridgehead atoms. The summed E-state index contributed by atoms with van der Waals surface area (Å²) in [4.78, 5) is 11.1. The van der Waals surface area contributed by atoms with Crippen LogP contribution in [0.4, 0.5) is 4.79 Å². The number of hydrogen-bond acceptors (Lipinski definition) is 2. The fourth-order valence-electron chi connectivity index (χ4n) is 1.24. The molecule has 0 aliphatic carbocycles. The number of amides is 1. The molecule has 0 aromatic rings. The highest BCUT2D eigenvalue weighted by Crippen LogP contribution is 2.07. The van der Waals surface area contributed by atoms with Crippen LogP contribution in [-0.2, 0) is 4.74 Å². The first-order chi connectivity index (χ1) is 6.10. The van der Waals surface area contributed by atoms with Gasteiger partial charge in [-0.2, -0.15) is 0 Å². The van der Waals surface area contributed by atoms with Crippen molar-refractivity contribution in [2.45, 2.75) is 46.6 Å². The lowest BCUT2D eigenvalue weighted by Gasteiger charge is -2.18. The minimum Gasteiger partial charge on any atom is -0.450 e. The Morgan fingerprint density at radius 2 is 2.00 bits per heavy atom. The van der Waals surface area contributed by atoms with E-state index in [1.807, 2.05) is 6.92 Å². The first kappa shape index (κ1) is 12.3. The number of ether oxygens (including phenoxy) is 1. The topological polar surface area (TPSA) is 38.3 Å². The third-order valence-electron chi connectivity index (χ3n) is 1.85. The van der Waals surface area contributed by atoms with E-state index in [4.69, 9.17) is 4.74 Å². The summed E-state index contributed by atoms with van der Waals surface area (Å²) in [6.45, 7) is 8.61. The molecule has 1 atom stereocenters. The molecule has 0 aliphatic heterocycles. The lowest BCUT2D eigenvalue weighted by Crippen LogP contribution is -2.35. The Kier molecular flexibility index (Phi) is 6.37. The SMILES string of the molecule is CCOC(=O)NC(CC)CC(C)C. The first-order valence-corrected chi connectivity index (χ1v) is 5.03. The standard InChI is InChI=1S/C10H21NO2/c1-5-9(7-8(3)4)11-10(12)13-6-2/h8-9H,5-7H2,1-4H3,(H,11,12). The van der Waals surface area contributed by atoms with Crippen molar-refractivity contribution in [2.24, 2.45) is 5.92 Å². The Bertz CT molecular complexity index is 146. The maximum absolute atomic E-state index is 11.1. The average molecular weight is 187 g/mol. The highest BCUT2D eigenvalue weighted by molar-refractivity contribution is 5.67. The van der Waals surface area contributed by atoms with Gasteiger partial charge in [0.1, 0.15) is 0 Å². The number of alkyl carbamates (subject to hydrolysis) is 1. The molecule has 0 saturated heterocycles. The van der Waals surface area contributed by atoms with E-state index in [-0.39, 0.29) is 12.1 Å². The molecule has 0 aromatic heterocycles. The fraction of sp³-hybridized carbons (Fsp3) is 0.900. The van der Waals surface area contributed by atoms with Crippen molar-refractivity contribution in [1.82, 2.24) is 5.32 Å². The van der Waals surface area contributed by atoms with E-state index < -0.39 is 0 Å². The number of nitrogens with one attached hydrogen (secondary N) is 1. The number of carbonyl (C=O) groups excluding carboxylic acids is 1. The zero-order chi connectivity index (χ0) is 10.3. The highest BCUT2D eigenvalue weighted by atomic mass is 16.5. The molecular weight excluding hydrogens is 166 g/mol. The molecule has 0 heterocycles. The smallest absolute Gasteiger partial charge is 0.407 e. The minimum atomic E-state index is -0.296. The fourth-order valence-corrected chi connectivity index (χ4v) is 1.24. The monoisotopic (exact) mass is 187 g/mol. The van der Waals surface area contributed by atoms with Crippen molar-refractivity contribution in [3.8, 4) is 0 Å². The summed E-state index contributed by atoms with van der Waals surface area (Å²) in [6.07, 6.45) is 1.67. The van der Waals surface area contributed by atoms with Gasteiger partial charge in [0.05, 0.1) is 6.61 Å². The van der Waals surface area contributed by atoms with E-state index in [9.17, 15) is 4.79 Å². The number of hydrogen-bond donors (Lipinski definition) is 1. The minimum absolute atomic E-state index is 0.249. The summed E-state index contributed by atoms with van der Waals surface area (Å²) in [7, 11) is 0. The van der Waals surface area contributed by atoms with Crippen molar-refractivity contribution < 1.29 is 9.53 Å². The second kappa shape index (κ2) is 6.75. The van der Waals surface area contributed by atoms with E-state index in [1.165, 1.54) is 0 Å². The van der Waals surface area contributed by atoms with Crippen LogP contribution in [-0.4, -0.2) is 18.7 Å². The Morgan fingerprint density at radius 3 is 2.38 bits per heavy atom. The molecule has 1 amide bonds. The van der Waals surface area contributed by atoms with E-state index >= 15 is 0 Å². The van der Waals surface area contributed by atoms with Gasteiger partial charge in [0.2, 0.25) is 0 Å². The van der Waals surface area contributed by atoms with Crippen LogP contribution in [0.25, 0.3) is 0 Å². The third-order valence-corrected chi connectivity index (χ3v) is 1.85. The molecule has 0 aliphatic rings. The van der Waals surface area contributed by atoms with Crippen LogP contribution in [0.5, 0.6) is 0 Å². The molecule has 1 unspecified atom stereocenters. The van der Waals surface area contributed by atoms with Crippen LogP contribution < -0.4 is 5.32 Å². The Morgan fingerprint density at radius 1 is 1.38 bits per heavy atom. The number of carbonyl (C=O) groups is 1. The molecule has 0 saturated carbocycles. The van der Waals surface area contributed by atoms with Crippen LogP contribution in [0.3, 0.4) is 0 Å². The van der Waals surface area contributed by atoms with Gasteiger partial charge in [-0.25, -0.2) is 4.79 Å². The second-order valence-electron chi connectivity index (χ2n) is 3.60. The quantitative estimate of drug-likeness (QED) is 0.718. The molecular formula is C10H21NO2. The average Bonchev–Trinajstić information content (AvgIpc) is 2.02. The summed E-state index contributed by atoms with van der Waals surface area (Å²) in [5, 5.41) is 2.84. The largest absolute Gasteiger partial charge is 0.450 e. The summed E-state index contributed by atoms with van der Waals surface area (Å²) >= 11 is 0. The Hall–Kier alpha value is -0.730. The van der Waals surface area contributed by atoms with Gasteiger partial charge in [0, 0.05) is 6.04 Å². The van der Waals surface area contributed by atoms with Gasteiger partial charge < -0.3 is 10.1 Å². The van der Waals surface area contributed by atoms with Gasteiger partial charge in [-0.1, -0.05) is 20.8 Å². The van der Waals surface area contributed by atoms with Crippen molar-refractivity contribution in [1.29, 1.82) is 0 Å². The van der Waals surface area contributed by atoms with Crippen LogP contribution in [0.15, 0.2) is 0 Å². The maximum Gasteiger partial charge on any atom is 0.407 e. The van der Waals surface area contributed by atoms with E-state index in [2.05, 4.69) is 26.1 Å². The predicted molar refractivity (Wildman–Crippen MR) is 53.7 cm³/mol. The van der Waals surface area contributed by atoms with E-state index in [1.54, 1.807) is 0 Å². The second-order valence-corrected chi connectivity index (χ2v) is 3.60. The van der Waals surface area contributed by atoms with Crippen molar-refractivity contribution in [3.63, 3.8) is 0 Å². The molecule has 1 N–H and O–H groups in total. The summed E-state index contributed by atoms with van der Waals surface area (Å²) in [6, 6.07) is 0.249. The molecule has 0 rings (SSSR count). The van der Waals surface area contributed by atoms with E-state index in [0.29, 0.717) is 12.5 Å². The summed E-state index contributed by atoms with van der Waals surface area (Å²) in [5.41, 5.74) is 0. The molecule has 13 heavy (non-hydrogen) atoms. The normalized spacial score (nSPS) is 12.7. The maximum atomic E-state index is 11.1. The van der Waals surface area contributed by atoms with Crippen LogP contribution in [0.2, 0.25) is 0 Å². The van der Waals surface area contributed by atoms with Crippen LogP contribution in [0.1, 0.15) is 40.5 Å². The van der Waals surface area contributed by atoms with Crippen LogP contribution in [0, 0.1) is 5.92 Å². The van der Waals surface area contributed by atoms with E-state index in [0.717, 1.165) is 12.8 Å².